The van der Waals surface area contributed by atoms with Crippen molar-refractivity contribution in [2.45, 2.75) is 13.8 Å². The van der Waals surface area contributed by atoms with Crippen LogP contribution in [0.5, 0.6) is 17.2 Å². The lowest BCUT2D eigenvalue weighted by atomic mass is 10.1. The lowest BCUT2D eigenvalue weighted by molar-refractivity contribution is 0.0993. The molecule has 0 saturated carbocycles. The number of rotatable bonds is 9. The van der Waals surface area contributed by atoms with Crippen LogP contribution in [0, 0.1) is 0 Å². The Bertz CT molecular complexity index is 1050. The van der Waals surface area contributed by atoms with Crippen molar-refractivity contribution in [1.29, 1.82) is 0 Å². The zero-order valence-electron chi connectivity index (χ0n) is 17.6. The Balaban J connectivity index is 1.94. The molecule has 162 valence electrons. The number of carbonyl (C=O) groups is 2. The minimum absolute atomic E-state index is 0.161. The number of nitrogens with one attached hydrogen (secondary N) is 2. The summed E-state index contributed by atoms with van der Waals surface area (Å²) in [6.07, 6.45) is 1.42. The molecular formula is C23H24N2O6. The molecule has 31 heavy (non-hydrogen) atoms. The summed E-state index contributed by atoms with van der Waals surface area (Å²) in [4.78, 5) is 25.3. The molecule has 8 nitrogen and oxygen atoms in total. The molecule has 0 aliphatic heterocycles. The summed E-state index contributed by atoms with van der Waals surface area (Å²) < 4.78 is 21.8. The van der Waals surface area contributed by atoms with Crippen molar-refractivity contribution in [3.8, 4) is 17.2 Å². The third kappa shape index (κ3) is 5.16. The van der Waals surface area contributed by atoms with E-state index in [1.54, 1.807) is 48.5 Å². The van der Waals surface area contributed by atoms with Crippen molar-refractivity contribution < 1.29 is 28.2 Å². The summed E-state index contributed by atoms with van der Waals surface area (Å²) in [5, 5.41) is 5.59. The van der Waals surface area contributed by atoms with E-state index in [0.717, 1.165) is 0 Å². The van der Waals surface area contributed by atoms with Gasteiger partial charge in [-0.05, 0) is 38.1 Å². The predicted molar refractivity (Wildman–Crippen MR) is 116 cm³/mol. The minimum Gasteiger partial charge on any atom is -0.496 e. The molecule has 3 aromatic rings. The molecule has 1 aromatic heterocycles. The van der Waals surface area contributed by atoms with Crippen molar-refractivity contribution >= 4 is 23.2 Å². The van der Waals surface area contributed by atoms with Crippen LogP contribution in [0.4, 0.5) is 11.4 Å². The maximum Gasteiger partial charge on any atom is 0.291 e. The molecule has 1 heterocycles. The SMILES string of the molecule is CCOc1cc(NC(=O)c2ccccc2OC)c(OCC)cc1NC(=O)c1ccco1. The van der Waals surface area contributed by atoms with Gasteiger partial charge in [0.1, 0.15) is 17.2 Å². The second-order valence-electron chi connectivity index (χ2n) is 6.30. The van der Waals surface area contributed by atoms with Gasteiger partial charge >= 0.3 is 0 Å². The van der Waals surface area contributed by atoms with Crippen molar-refractivity contribution in [3.05, 3.63) is 66.1 Å². The summed E-state index contributed by atoms with van der Waals surface area (Å²) in [6, 6.07) is 13.3. The van der Waals surface area contributed by atoms with Gasteiger partial charge in [0.25, 0.3) is 11.8 Å². The van der Waals surface area contributed by atoms with E-state index in [9.17, 15) is 9.59 Å². The summed E-state index contributed by atoms with van der Waals surface area (Å²) in [7, 11) is 1.50. The van der Waals surface area contributed by atoms with Gasteiger partial charge in [-0.25, -0.2) is 0 Å². The number of furan rings is 1. The van der Waals surface area contributed by atoms with Gasteiger partial charge in [0.05, 0.1) is 43.5 Å². The van der Waals surface area contributed by atoms with Crippen molar-refractivity contribution in [2.24, 2.45) is 0 Å². The molecule has 0 radical (unpaired) electrons. The Kier molecular flexibility index (Phi) is 7.16. The maximum atomic E-state index is 12.9. The zero-order valence-corrected chi connectivity index (χ0v) is 17.6. The van der Waals surface area contributed by atoms with Crippen LogP contribution in [0.25, 0.3) is 0 Å². The summed E-state index contributed by atoms with van der Waals surface area (Å²) >= 11 is 0. The van der Waals surface area contributed by atoms with Crippen LogP contribution in [0.2, 0.25) is 0 Å². The molecule has 0 unspecified atom stereocenters. The normalized spacial score (nSPS) is 10.3. The number of ether oxygens (including phenoxy) is 3. The smallest absolute Gasteiger partial charge is 0.291 e. The van der Waals surface area contributed by atoms with Crippen molar-refractivity contribution in [1.82, 2.24) is 0 Å². The first-order chi connectivity index (χ1) is 15.1. The van der Waals surface area contributed by atoms with Gasteiger partial charge in [0.2, 0.25) is 0 Å². The van der Waals surface area contributed by atoms with Gasteiger partial charge in [-0.3, -0.25) is 9.59 Å². The number of methoxy groups -OCH3 is 1. The standard InChI is InChI=1S/C23H24N2O6/c1-4-29-20-14-17(25-23(27)19-11-8-12-31-19)21(30-5-2)13-16(20)24-22(26)15-9-6-7-10-18(15)28-3/h6-14H,4-5H2,1-3H3,(H,24,26)(H,25,27). The van der Waals surface area contributed by atoms with Crippen molar-refractivity contribution in [2.75, 3.05) is 31.0 Å². The molecule has 0 bridgehead atoms. The van der Waals surface area contributed by atoms with Crippen LogP contribution in [0.3, 0.4) is 0 Å². The number of para-hydroxylation sites is 1. The summed E-state index contributed by atoms with van der Waals surface area (Å²) in [5.41, 5.74) is 1.17. The first kappa shape index (κ1) is 21.8. The largest absolute Gasteiger partial charge is 0.496 e. The molecule has 0 atom stereocenters. The molecule has 3 rings (SSSR count). The summed E-state index contributed by atoms with van der Waals surface area (Å²) in [5.74, 6) is 0.567. The lowest BCUT2D eigenvalue weighted by Crippen LogP contribution is -2.16. The van der Waals surface area contributed by atoms with Crippen LogP contribution in [-0.4, -0.2) is 32.1 Å². The van der Waals surface area contributed by atoms with E-state index in [0.29, 0.717) is 47.4 Å². The van der Waals surface area contributed by atoms with Gasteiger partial charge in [-0.1, -0.05) is 12.1 Å². The number of amides is 2. The first-order valence-corrected chi connectivity index (χ1v) is 9.80. The molecule has 0 aliphatic carbocycles. The number of hydrogen-bond donors (Lipinski definition) is 2. The van der Waals surface area contributed by atoms with Gasteiger partial charge < -0.3 is 29.3 Å². The predicted octanol–water partition coefficient (Wildman–Crippen LogP) is 4.59. The highest BCUT2D eigenvalue weighted by Crippen LogP contribution is 2.37. The van der Waals surface area contributed by atoms with E-state index in [1.165, 1.54) is 13.4 Å². The molecule has 0 aliphatic rings. The Labute approximate surface area is 180 Å². The number of benzene rings is 2. The molecule has 8 heteroatoms. The molecule has 0 fully saturated rings. The van der Waals surface area contributed by atoms with E-state index < -0.39 is 5.91 Å². The quantitative estimate of drug-likeness (QED) is 0.521. The second-order valence-corrected chi connectivity index (χ2v) is 6.30. The molecule has 0 saturated heterocycles. The Hall–Kier alpha value is -3.94. The van der Waals surface area contributed by atoms with E-state index in [2.05, 4.69) is 10.6 Å². The van der Waals surface area contributed by atoms with Crippen molar-refractivity contribution in [3.63, 3.8) is 0 Å². The first-order valence-electron chi connectivity index (χ1n) is 9.80. The molecule has 2 amide bonds. The van der Waals surface area contributed by atoms with Crippen LogP contribution < -0.4 is 24.8 Å². The monoisotopic (exact) mass is 424 g/mol. The van der Waals surface area contributed by atoms with Gasteiger partial charge in [0.15, 0.2) is 5.76 Å². The molecular weight excluding hydrogens is 400 g/mol. The zero-order chi connectivity index (χ0) is 22.2. The fourth-order valence-corrected chi connectivity index (χ4v) is 2.92. The highest BCUT2D eigenvalue weighted by Gasteiger charge is 2.19. The fraction of sp³-hybridized carbons (Fsp3) is 0.217. The second kappa shape index (κ2) is 10.2. The minimum atomic E-state index is -0.431. The van der Waals surface area contributed by atoms with E-state index in [-0.39, 0.29) is 11.7 Å². The highest BCUT2D eigenvalue weighted by molar-refractivity contribution is 6.08. The third-order valence-electron chi connectivity index (χ3n) is 4.27. The van der Waals surface area contributed by atoms with E-state index >= 15 is 0 Å². The molecule has 2 N–H and O–H groups in total. The molecule has 2 aromatic carbocycles. The van der Waals surface area contributed by atoms with Crippen LogP contribution in [0.15, 0.2) is 59.2 Å². The Morgan fingerprint density at radius 1 is 0.839 bits per heavy atom. The van der Waals surface area contributed by atoms with Crippen LogP contribution >= 0.6 is 0 Å². The highest BCUT2D eigenvalue weighted by atomic mass is 16.5. The number of anilines is 2. The fourth-order valence-electron chi connectivity index (χ4n) is 2.92. The van der Waals surface area contributed by atoms with E-state index in [4.69, 9.17) is 18.6 Å². The van der Waals surface area contributed by atoms with Gasteiger partial charge in [0, 0.05) is 12.1 Å². The molecule has 0 spiro atoms. The lowest BCUT2D eigenvalue weighted by Gasteiger charge is -2.18. The maximum absolute atomic E-state index is 12.9. The van der Waals surface area contributed by atoms with Crippen LogP contribution in [-0.2, 0) is 0 Å². The number of hydrogen-bond acceptors (Lipinski definition) is 6. The topological polar surface area (TPSA) is 99.0 Å². The average molecular weight is 424 g/mol. The third-order valence-corrected chi connectivity index (χ3v) is 4.27. The Morgan fingerprint density at radius 3 is 2.00 bits per heavy atom. The van der Waals surface area contributed by atoms with E-state index in [1.807, 2.05) is 13.8 Å². The number of carbonyl (C=O) groups excluding carboxylic acids is 2. The summed E-state index contributed by atoms with van der Waals surface area (Å²) in [6.45, 7) is 4.36. The van der Waals surface area contributed by atoms with Gasteiger partial charge in [-0.2, -0.15) is 0 Å². The van der Waals surface area contributed by atoms with Crippen LogP contribution in [0.1, 0.15) is 34.8 Å². The van der Waals surface area contributed by atoms with Gasteiger partial charge in [-0.15, -0.1) is 0 Å². The Morgan fingerprint density at radius 2 is 1.45 bits per heavy atom. The average Bonchev–Trinajstić information content (AvgIpc) is 3.32.